The number of nitrogens with one attached hydrogen (secondary N) is 1. The number of halogens is 5. The Morgan fingerprint density at radius 1 is 1.00 bits per heavy atom. The summed E-state index contributed by atoms with van der Waals surface area (Å²) in [7, 11) is 0. The highest BCUT2D eigenvalue weighted by Crippen LogP contribution is 2.32. The maximum Gasteiger partial charge on any atom is 0.416 e. The molecule has 0 radical (unpaired) electrons. The number of anilines is 2. The molecule has 0 aliphatic carbocycles. The van der Waals surface area contributed by atoms with E-state index in [1.807, 2.05) is 0 Å². The minimum absolute atomic E-state index is 0.0964. The van der Waals surface area contributed by atoms with E-state index in [-0.39, 0.29) is 5.69 Å². The van der Waals surface area contributed by atoms with Crippen LogP contribution in [0.2, 0.25) is 0 Å². The van der Waals surface area contributed by atoms with Gasteiger partial charge in [0.1, 0.15) is 18.0 Å². The van der Waals surface area contributed by atoms with E-state index in [1.54, 1.807) is 18.2 Å². The molecule has 3 aromatic rings. The standard InChI is InChI=1S/C15H8BrF4N3/c16-9-2-3-10-13(6-9)21-7-22-14(10)23-12-4-1-8(5-11(12)17)15(18,19)20/h1-7H,(H,21,22,23). The minimum Gasteiger partial charge on any atom is -0.337 e. The molecule has 1 N–H and O–H groups in total. The van der Waals surface area contributed by atoms with Crippen molar-refractivity contribution < 1.29 is 17.6 Å². The molecule has 0 atom stereocenters. The number of benzene rings is 2. The van der Waals surface area contributed by atoms with Crippen LogP contribution in [0.15, 0.2) is 47.2 Å². The Morgan fingerprint density at radius 2 is 1.78 bits per heavy atom. The number of rotatable bonds is 2. The largest absolute Gasteiger partial charge is 0.416 e. The molecule has 1 heterocycles. The second-order valence-corrected chi connectivity index (χ2v) is 5.62. The highest BCUT2D eigenvalue weighted by atomic mass is 79.9. The zero-order valence-electron chi connectivity index (χ0n) is 11.3. The molecule has 0 aliphatic heterocycles. The summed E-state index contributed by atoms with van der Waals surface area (Å²) in [5.41, 5.74) is -0.526. The fourth-order valence-corrected chi connectivity index (χ4v) is 2.40. The molecular formula is C15H8BrF4N3. The van der Waals surface area contributed by atoms with Crippen LogP contribution in [0, 0.1) is 5.82 Å². The van der Waals surface area contributed by atoms with Crippen molar-refractivity contribution in [1.29, 1.82) is 0 Å². The summed E-state index contributed by atoms with van der Waals surface area (Å²) in [5, 5.41) is 3.32. The Balaban J connectivity index is 2.00. The first-order valence-electron chi connectivity index (χ1n) is 6.38. The monoisotopic (exact) mass is 385 g/mol. The third-order valence-corrected chi connectivity index (χ3v) is 3.64. The van der Waals surface area contributed by atoms with Gasteiger partial charge in [-0.15, -0.1) is 0 Å². The third-order valence-electron chi connectivity index (χ3n) is 3.15. The van der Waals surface area contributed by atoms with E-state index in [0.29, 0.717) is 22.8 Å². The van der Waals surface area contributed by atoms with Gasteiger partial charge in [0.05, 0.1) is 16.8 Å². The lowest BCUT2D eigenvalue weighted by Gasteiger charge is -2.11. The summed E-state index contributed by atoms with van der Waals surface area (Å²) in [6.07, 6.45) is -3.30. The molecule has 2 aromatic carbocycles. The Labute approximate surface area is 136 Å². The number of hydrogen-bond acceptors (Lipinski definition) is 3. The molecule has 0 fully saturated rings. The van der Waals surface area contributed by atoms with Crippen molar-refractivity contribution >= 4 is 38.3 Å². The van der Waals surface area contributed by atoms with E-state index < -0.39 is 17.6 Å². The number of hydrogen-bond donors (Lipinski definition) is 1. The van der Waals surface area contributed by atoms with Crippen molar-refractivity contribution in [2.75, 3.05) is 5.32 Å². The SMILES string of the molecule is Fc1cc(C(F)(F)F)ccc1Nc1ncnc2cc(Br)ccc12. The van der Waals surface area contributed by atoms with Crippen LogP contribution in [-0.2, 0) is 6.18 Å². The molecular weight excluding hydrogens is 378 g/mol. The average molecular weight is 386 g/mol. The van der Waals surface area contributed by atoms with Crippen LogP contribution < -0.4 is 5.32 Å². The van der Waals surface area contributed by atoms with Gasteiger partial charge >= 0.3 is 6.18 Å². The predicted octanol–water partition coefficient (Wildman–Crippen LogP) is 5.29. The van der Waals surface area contributed by atoms with Gasteiger partial charge in [0.2, 0.25) is 0 Å². The first kappa shape index (κ1) is 15.7. The Bertz CT molecular complexity index is 880. The van der Waals surface area contributed by atoms with Crippen LogP contribution in [0.1, 0.15) is 5.56 Å². The van der Waals surface area contributed by atoms with Crippen LogP contribution in [-0.4, -0.2) is 9.97 Å². The Kier molecular flexibility index (Phi) is 3.93. The fraction of sp³-hybridized carbons (Fsp3) is 0.0667. The van der Waals surface area contributed by atoms with E-state index in [2.05, 4.69) is 31.2 Å². The van der Waals surface area contributed by atoms with Gasteiger partial charge in [-0.05, 0) is 36.4 Å². The van der Waals surface area contributed by atoms with Crippen molar-refractivity contribution in [2.24, 2.45) is 0 Å². The van der Waals surface area contributed by atoms with Crippen molar-refractivity contribution in [1.82, 2.24) is 9.97 Å². The Hall–Kier alpha value is -2.22. The number of aromatic nitrogens is 2. The second kappa shape index (κ2) is 5.77. The lowest BCUT2D eigenvalue weighted by Crippen LogP contribution is -2.06. The van der Waals surface area contributed by atoms with E-state index in [9.17, 15) is 17.6 Å². The van der Waals surface area contributed by atoms with E-state index >= 15 is 0 Å². The first-order valence-corrected chi connectivity index (χ1v) is 7.18. The summed E-state index contributed by atoms with van der Waals surface area (Å²) in [5.74, 6) is -0.704. The molecule has 3 nitrogen and oxygen atoms in total. The molecule has 0 spiro atoms. The molecule has 118 valence electrons. The summed E-state index contributed by atoms with van der Waals surface area (Å²) in [4.78, 5) is 8.11. The van der Waals surface area contributed by atoms with Crippen molar-refractivity contribution in [3.8, 4) is 0 Å². The molecule has 0 saturated carbocycles. The predicted molar refractivity (Wildman–Crippen MR) is 81.9 cm³/mol. The molecule has 23 heavy (non-hydrogen) atoms. The molecule has 0 amide bonds. The fourth-order valence-electron chi connectivity index (χ4n) is 2.05. The smallest absolute Gasteiger partial charge is 0.337 e. The van der Waals surface area contributed by atoms with E-state index in [1.165, 1.54) is 6.33 Å². The molecule has 0 aliphatic rings. The van der Waals surface area contributed by atoms with Crippen LogP contribution in [0.4, 0.5) is 29.1 Å². The summed E-state index contributed by atoms with van der Waals surface area (Å²) >= 11 is 3.31. The summed E-state index contributed by atoms with van der Waals surface area (Å²) in [6, 6.07) is 7.54. The topological polar surface area (TPSA) is 37.8 Å². The van der Waals surface area contributed by atoms with Gasteiger partial charge in [-0.2, -0.15) is 13.2 Å². The van der Waals surface area contributed by atoms with Crippen molar-refractivity contribution in [3.05, 3.63) is 58.6 Å². The number of alkyl halides is 3. The molecule has 3 rings (SSSR count). The van der Waals surface area contributed by atoms with Gasteiger partial charge in [0, 0.05) is 9.86 Å². The van der Waals surface area contributed by atoms with Gasteiger partial charge in [-0.3, -0.25) is 0 Å². The summed E-state index contributed by atoms with van der Waals surface area (Å²) < 4.78 is 52.4. The molecule has 8 heteroatoms. The van der Waals surface area contributed by atoms with Gasteiger partial charge in [-0.25, -0.2) is 14.4 Å². The van der Waals surface area contributed by atoms with E-state index in [0.717, 1.165) is 16.6 Å². The van der Waals surface area contributed by atoms with Crippen LogP contribution in [0.5, 0.6) is 0 Å². The molecule has 0 bridgehead atoms. The lowest BCUT2D eigenvalue weighted by molar-refractivity contribution is -0.137. The summed E-state index contributed by atoms with van der Waals surface area (Å²) in [6.45, 7) is 0. The van der Waals surface area contributed by atoms with Gasteiger partial charge < -0.3 is 5.32 Å². The van der Waals surface area contributed by atoms with Crippen LogP contribution in [0.25, 0.3) is 10.9 Å². The number of fused-ring (bicyclic) bond motifs is 1. The maximum absolute atomic E-state index is 13.9. The van der Waals surface area contributed by atoms with Gasteiger partial charge in [0.25, 0.3) is 0 Å². The van der Waals surface area contributed by atoms with Crippen molar-refractivity contribution in [3.63, 3.8) is 0 Å². The quantitative estimate of drug-likeness (QED) is 0.608. The lowest BCUT2D eigenvalue weighted by atomic mass is 10.2. The number of nitrogens with zero attached hydrogens (tertiary/aromatic N) is 2. The average Bonchev–Trinajstić information content (AvgIpc) is 2.48. The normalized spacial score (nSPS) is 11.7. The highest BCUT2D eigenvalue weighted by molar-refractivity contribution is 9.10. The van der Waals surface area contributed by atoms with Crippen LogP contribution >= 0.6 is 15.9 Å². The molecule has 0 saturated heterocycles. The maximum atomic E-state index is 13.9. The highest BCUT2D eigenvalue weighted by Gasteiger charge is 2.31. The first-order chi connectivity index (χ1) is 10.8. The van der Waals surface area contributed by atoms with E-state index in [4.69, 9.17) is 0 Å². The third kappa shape index (κ3) is 3.26. The van der Waals surface area contributed by atoms with Gasteiger partial charge in [0.15, 0.2) is 0 Å². The van der Waals surface area contributed by atoms with Crippen molar-refractivity contribution in [2.45, 2.75) is 6.18 Å². The zero-order valence-corrected chi connectivity index (χ0v) is 12.9. The second-order valence-electron chi connectivity index (χ2n) is 4.70. The van der Waals surface area contributed by atoms with Crippen LogP contribution in [0.3, 0.4) is 0 Å². The Morgan fingerprint density at radius 3 is 2.48 bits per heavy atom. The minimum atomic E-state index is -4.59. The molecule has 0 unspecified atom stereocenters. The van der Waals surface area contributed by atoms with Gasteiger partial charge in [-0.1, -0.05) is 15.9 Å². The zero-order chi connectivity index (χ0) is 16.6. The molecule has 1 aromatic heterocycles.